The Balaban J connectivity index is 2.34. The Labute approximate surface area is 227 Å². The highest BCUT2D eigenvalue weighted by molar-refractivity contribution is 6.57. The highest BCUT2D eigenvalue weighted by atomic mass is 35.5. The highest BCUT2D eigenvalue weighted by Gasteiger charge is 2.25. The average Bonchev–Trinajstić information content (AvgIpc) is 2.75. The quantitative estimate of drug-likeness (QED) is 0.217. The van der Waals surface area contributed by atoms with Crippen LogP contribution in [0.2, 0.25) is 50.2 Å². The van der Waals surface area contributed by atoms with Crippen LogP contribution in [0.25, 0.3) is 22.4 Å². The third kappa shape index (κ3) is 4.53. The Bertz CT molecular complexity index is 1220. The Morgan fingerprint density at radius 3 is 1.42 bits per heavy atom. The van der Waals surface area contributed by atoms with Crippen molar-refractivity contribution >= 4 is 116 Å². The monoisotopic (exact) mass is 610 g/mol. The van der Waals surface area contributed by atoms with E-state index in [1.54, 1.807) is 6.07 Å². The van der Waals surface area contributed by atoms with E-state index < -0.39 is 0 Å². The number of hydrogen-bond acceptors (Lipinski definition) is 2. The highest BCUT2D eigenvalue weighted by Crippen LogP contribution is 2.51. The van der Waals surface area contributed by atoms with Crippen LogP contribution < -0.4 is 0 Å². The largest absolute Gasteiger partial charge is 0.255 e. The van der Waals surface area contributed by atoms with E-state index >= 15 is 0 Å². The zero-order valence-corrected chi connectivity index (χ0v) is 22.1. The number of halogens is 10. The minimum atomic E-state index is -0.0645. The lowest BCUT2D eigenvalue weighted by molar-refractivity contribution is 1.20. The molecular formula is C19H4Cl10N2. The summed E-state index contributed by atoms with van der Waals surface area (Å²) in [4.78, 5) is 4.42. The van der Waals surface area contributed by atoms with Gasteiger partial charge in [-0.15, -0.1) is 0 Å². The predicted octanol–water partition coefficient (Wildman–Crippen LogP) is 11.0. The number of rotatable bonds is 3. The fourth-order valence-corrected chi connectivity index (χ4v) is 5.44. The lowest BCUT2D eigenvalue weighted by Crippen LogP contribution is -1.98. The molecule has 0 bridgehead atoms. The van der Waals surface area contributed by atoms with E-state index in [1.807, 2.05) is 0 Å². The van der Waals surface area contributed by atoms with Gasteiger partial charge in [0.2, 0.25) is 0 Å². The minimum Gasteiger partial charge on any atom is -0.255 e. The first kappa shape index (κ1) is 25.6. The van der Waals surface area contributed by atoms with E-state index in [1.165, 1.54) is 6.20 Å². The predicted molar refractivity (Wildman–Crippen MR) is 135 cm³/mol. The molecule has 0 amide bonds. The van der Waals surface area contributed by atoms with Gasteiger partial charge in [0.1, 0.15) is 0 Å². The molecule has 0 aliphatic rings. The summed E-state index contributed by atoms with van der Waals surface area (Å²) in [6.45, 7) is 0. The third-order valence-corrected chi connectivity index (χ3v) is 8.73. The van der Waals surface area contributed by atoms with Gasteiger partial charge in [0.25, 0.3) is 0 Å². The van der Waals surface area contributed by atoms with Crippen LogP contribution in [0.5, 0.6) is 0 Å². The molecule has 0 saturated carbocycles. The summed E-state index contributed by atoms with van der Waals surface area (Å²) < 4.78 is 0. The van der Waals surface area contributed by atoms with Crippen molar-refractivity contribution in [1.82, 2.24) is 4.98 Å². The van der Waals surface area contributed by atoms with Crippen molar-refractivity contribution in [2.24, 2.45) is 0 Å². The summed E-state index contributed by atoms with van der Waals surface area (Å²) in [6, 6.07) is 3.68. The molecule has 0 aliphatic carbocycles. The molecule has 0 N–H and O–H groups in total. The van der Waals surface area contributed by atoms with Crippen LogP contribution in [0, 0.1) is 11.3 Å². The summed E-state index contributed by atoms with van der Waals surface area (Å²) >= 11 is 62.3. The average molecular weight is 615 g/mol. The first-order chi connectivity index (χ1) is 14.5. The summed E-state index contributed by atoms with van der Waals surface area (Å²) in [5.41, 5.74) is 1.67. The number of benzene rings is 2. The van der Waals surface area contributed by atoms with E-state index in [0.29, 0.717) is 16.7 Å². The molecule has 31 heavy (non-hydrogen) atoms. The van der Waals surface area contributed by atoms with Gasteiger partial charge in [-0.05, 0) is 11.6 Å². The standard InChI is InChI=1S/C19H4Cl10N2/c20-9-7(10(21)14(25)17(28)13(9)24)6-3-5(1-2-30)19(31-4-6)8-11(22)15(26)18(29)16(27)12(8)23/h3-4H,1H2. The van der Waals surface area contributed by atoms with Gasteiger partial charge in [0, 0.05) is 22.9 Å². The van der Waals surface area contributed by atoms with Crippen LogP contribution in [-0.4, -0.2) is 4.98 Å². The summed E-state index contributed by atoms with van der Waals surface area (Å²) in [5.74, 6) is 0. The van der Waals surface area contributed by atoms with Gasteiger partial charge in [0.15, 0.2) is 0 Å². The van der Waals surface area contributed by atoms with Crippen LogP contribution in [0.3, 0.4) is 0 Å². The van der Waals surface area contributed by atoms with Crippen LogP contribution >= 0.6 is 116 Å². The SMILES string of the molecule is N#CCc1cc(-c2c(Cl)c(Cl)c(Cl)c(Cl)c2Cl)cnc1-c1c(Cl)c(Cl)c(Cl)c(Cl)c1Cl. The van der Waals surface area contributed by atoms with E-state index in [2.05, 4.69) is 11.1 Å². The molecular weight excluding hydrogens is 611 g/mol. The van der Waals surface area contributed by atoms with Crippen LogP contribution in [0.4, 0.5) is 0 Å². The Kier molecular flexibility index (Phi) is 8.32. The molecule has 1 aromatic heterocycles. The molecule has 2 aromatic carbocycles. The maximum Gasteiger partial charge on any atom is 0.0809 e. The van der Waals surface area contributed by atoms with Crippen molar-refractivity contribution in [3.63, 3.8) is 0 Å². The van der Waals surface area contributed by atoms with Gasteiger partial charge in [-0.25, -0.2) is 0 Å². The van der Waals surface area contributed by atoms with E-state index in [0.717, 1.165) is 0 Å². The molecule has 3 rings (SSSR count). The van der Waals surface area contributed by atoms with Crippen LogP contribution in [-0.2, 0) is 6.42 Å². The first-order valence-corrected chi connectivity index (χ1v) is 11.7. The molecule has 0 saturated heterocycles. The molecule has 3 aromatic rings. The van der Waals surface area contributed by atoms with Gasteiger partial charge in [-0.3, -0.25) is 4.98 Å². The van der Waals surface area contributed by atoms with E-state index in [4.69, 9.17) is 116 Å². The molecule has 0 radical (unpaired) electrons. The Morgan fingerprint density at radius 2 is 1.00 bits per heavy atom. The fourth-order valence-electron chi connectivity index (χ4n) is 2.76. The Hall–Kier alpha value is -0.0200. The molecule has 0 unspecified atom stereocenters. The van der Waals surface area contributed by atoms with Crippen molar-refractivity contribution in [3.05, 3.63) is 68.1 Å². The molecule has 12 heteroatoms. The van der Waals surface area contributed by atoms with E-state index in [9.17, 15) is 5.26 Å². The number of aromatic nitrogens is 1. The summed E-state index contributed by atoms with van der Waals surface area (Å²) in [6.07, 6.45) is 1.37. The van der Waals surface area contributed by atoms with Gasteiger partial charge in [0.05, 0.1) is 68.4 Å². The smallest absolute Gasteiger partial charge is 0.0809 e. The van der Waals surface area contributed by atoms with Crippen molar-refractivity contribution in [2.75, 3.05) is 0 Å². The van der Waals surface area contributed by atoms with Crippen LogP contribution in [0.15, 0.2) is 12.3 Å². The number of pyridine rings is 1. The van der Waals surface area contributed by atoms with Crippen molar-refractivity contribution in [3.8, 4) is 28.5 Å². The topological polar surface area (TPSA) is 36.7 Å². The van der Waals surface area contributed by atoms with Crippen LogP contribution in [0.1, 0.15) is 5.56 Å². The number of nitriles is 1. The molecule has 2 nitrogen and oxygen atoms in total. The first-order valence-electron chi connectivity index (χ1n) is 7.92. The molecule has 0 spiro atoms. The lowest BCUT2D eigenvalue weighted by Gasteiger charge is -2.17. The molecule has 160 valence electrons. The second-order valence-electron chi connectivity index (χ2n) is 5.96. The maximum atomic E-state index is 9.35. The van der Waals surface area contributed by atoms with Gasteiger partial charge in [-0.1, -0.05) is 116 Å². The van der Waals surface area contributed by atoms with Crippen molar-refractivity contribution in [1.29, 1.82) is 5.26 Å². The maximum absolute atomic E-state index is 9.35. The van der Waals surface area contributed by atoms with Gasteiger partial charge in [-0.2, -0.15) is 5.26 Å². The normalized spacial score (nSPS) is 11.0. The second-order valence-corrected chi connectivity index (χ2v) is 9.74. The van der Waals surface area contributed by atoms with Gasteiger partial charge < -0.3 is 0 Å². The molecule has 0 atom stereocenters. The third-order valence-electron chi connectivity index (χ3n) is 4.18. The Morgan fingerprint density at radius 1 is 0.613 bits per heavy atom. The van der Waals surface area contributed by atoms with Crippen molar-refractivity contribution in [2.45, 2.75) is 6.42 Å². The molecule has 0 fully saturated rings. The van der Waals surface area contributed by atoms with E-state index in [-0.39, 0.29) is 67.9 Å². The number of hydrogen-bond donors (Lipinski definition) is 0. The molecule has 1 heterocycles. The minimum absolute atomic E-state index is 0.00358. The fraction of sp³-hybridized carbons (Fsp3) is 0.0526. The van der Waals surface area contributed by atoms with Crippen molar-refractivity contribution < 1.29 is 0 Å². The second kappa shape index (κ2) is 10.1. The zero-order valence-electron chi connectivity index (χ0n) is 14.5. The van der Waals surface area contributed by atoms with Gasteiger partial charge >= 0.3 is 0 Å². The summed E-state index contributed by atoms with van der Waals surface area (Å²) in [7, 11) is 0. The summed E-state index contributed by atoms with van der Waals surface area (Å²) in [5, 5.41) is 9.66. The number of nitrogens with zero attached hydrogens (tertiary/aromatic N) is 2. The zero-order chi connectivity index (χ0) is 23.2. The lowest BCUT2D eigenvalue weighted by atomic mass is 9.99. The molecule has 0 aliphatic heterocycles.